The van der Waals surface area contributed by atoms with Crippen molar-refractivity contribution in [1.29, 1.82) is 0 Å². The van der Waals surface area contributed by atoms with Crippen LogP contribution in [0.1, 0.15) is 52.7 Å². The Kier molecular flexibility index (Phi) is 3.65. The largest absolute Gasteiger partial charge is 0.411 e. The van der Waals surface area contributed by atoms with Gasteiger partial charge in [-0.15, -0.1) is 0 Å². The average molecular weight is 233 g/mol. The minimum Gasteiger partial charge on any atom is -0.411 e. The summed E-state index contributed by atoms with van der Waals surface area (Å²) in [5, 5.41) is 12.7. The van der Waals surface area contributed by atoms with Crippen molar-refractivity contribution < 1.29 is 5.21 Å². The maximum absolute atomic E-state index is 9.20. The zero-order valence-corrected chi connectivity index (χ0v) is 11.7. The second kappa shape index (κ2) is 4.52. The Bertz CT molecular complexity index is 393. The van der Waals surface area contributed by atoms with E-state index >= 15 is 0 Å². The van der Waals surface area contributed by atoms with Crippen molar-refractivity contribution in [2.45, 2.75) is 52.4 Å². The number of fused-ring (bicyclic) bond motifs is 1. The molecule has 94 valence electrons. The summed E-state index contributed by atoms with van der Waals surface area (Å²) in [6.45, 7) is 12.4. The highest BCUT2D eigenvalue weighted by Crippen LogP contribution is 2.46. The van der Waals surface area contributed by atoms with E-state index in [1.54, 1.807) is 0 Å². The van der Waals surface area contributed by atoms with Gasteiger partial charge in [0, 0.05) is 10.8 Å². The lowest BCUT2D eigenvalue weighted by Crippen LogP contribution is -2.34. The van der Waals surface area contributed by atoms with Crippen LogP contribution in [-0.4, -0.2) is 10.9 Å². The van der Waals surface area contributed by atoms with E-state index in [9.17, 15) is 5.21 Å². The van der Waals surface area contributed by atoms with E-state index in [1.807, 2.05) is 26.0 Å². The smallest absolute Gasteiger partial charge is 0.0770 e. The van der Waals surface area contributed by atoms with Crippen LogP contribution in [0, 0.1) is 0 Å². The molecule has 1 aromatic rings. The first-order valence-electron chi connectivity index (χ1n) is 6.25. The number of hydrogen-bond acceptors (Lipinski definition) is 2. The lowest BCUT2D eigenvalue weighted by molar-refractivity contribution is 0.310. The van der Waals surface area contributed by atoms with Crippen LogP contribution in [0.15, 0.2) is 29.4 Å². The van der Waals surface area contributed by atoms with Crippen LogP contribution in [-0.2, 0) is 10.8 Å². The normalized spacial score (nSPS) is 19.1. The van der Waals surface area contributed by atoms with E-state index in [0.29, 0.717) is 0 Å². The van der Waals surface area contributed by atoms with Crippen LogP contribution < -0.4 is 0 Å². The first kappa shape index (κ1) is 13.8. The van der Waals surface area contributed by atoms with Crippen LogP contribution in [0.25, 0.3) is 0 Å². The lowest BCUT2D eigenvalue weighted by atomic mass is 9.79. The molecule has 0 aromatic heterocycles. The van der Waals surface area contributed by atoms with E-state index in [2.05, 4.69) is 45.0 Å². The van der Waals surface area contributed by atoms with Gasteiger partial charge in [0.15, 0.2) is 0 Å². The van der Waals surface area contributed by atoms with Gasteiger partial charge in [-0.05, 0) is 11.1 Å². The second-order valence-electron chi connectivity index (χ2n) is 5.24. The van der Waals surface area contributed by atoms with E-state index in [-0.39, 0.29) is 10.8 Å². The Balaban J connectivity index is 0.000000686. The molecule has 0 fully saturated rings. The van der Waals surface area contributed by atoms with E-state index in [0.717, 1.165) is 5.71 Å². The maximum atomic E-state index is 9.20. The second-order valence-corrected chi connectivity index (χ2v) is 5.24. The molecule has 0 saturated heterocycles. The highest BCUT2D eigenvalue weighted by Gasteiger charge is 2.48. The van der Waals surface area contributed by atoms with Crippen molar-refractivity contribution in [3.63, 3.8) is 0 Å². The van der Waals surface area contributed by atoms with E-state index in [4.69, 9.17) is 0 Å². The fraction of sp³-hybridized carbons (Fsp3) is 0.533. The van der Waals surface area contributed by atoms with Crippen molar-refractivity contribution in [3.8, 4) is 0 Å². The third-order valence-corrected chi connectivity index (χ3v) is 3.56. The SMILES string of the molecule is CC.CC1(C)C(=NO)C(C)(C)c2ccccc21. The zero-order chi connectivity index (χ0) is 13.3. The molecule has 2 nitrogen and oxygen atoms in total. The van der Waals surface area contributed by atoms with Gasteiger partial charge in [0.1, 0.15) is 0 Å². The standard InChI is InChI=1S/C13H17NO.C2H6/c1-12(2)9-7-5-6-8-10(9)13(3,4)11(12)14-15;1-2/h5-8,15H,1-4H3;1-2H3. The summed E-state index contributed by atoms with van der Waals surface area (Å²) in [5.74, 6) is 0. The minimum atomic E-state index is -0.172. The first-order chi connectivity index (χ1) is 7.92. The molecule has 17 heavy (non-hydrogen) atoms. The topological polar surface area (TPSA) is 32.6 Å². The number of benzene rings is 1. The van der Waals surface area contributed by atoms with Crippen molar-refractivity contribution in [2.75, 3.05) is 0 Å². The fourth-order valence-corrected chi connectivity index (χ4v) is 2.86. The summed E-state index contributed by atoms with van der Waals surface area (Å²) in [4.78, 5) is 0. The number of oxime groups is 1. The molecule has 1 aromatic carbocycles. The Labute approximate surface area is 104 Å². The molecular formula is C15H23NO. The molecular weight excluding hydrogens is 210 g/mol. The van der Waals surface area contributed by atoms with E-state index in [1.165, 1.54) is 11.1 Å². The predicted molar refractivity (Wildman–Crippen MR) is 73.1 cm³/mol. The predicted octanol–water partition coefficient (Wildman–Crippen LogP) is 4.11. The summed E-state index contributed by atoms with van der Waals surface area (Å²) >= 11 is 0. The molecule has 2 heteroatoms. The van der Waals surface area contributed by atoms with Gasteiger partial charge in [0.2, 0.25) is 0 Å². The summed E-state index contributed by atoms with van der Waals surface area (Å²) in [7, 11) is 0. The van der Waals surface area contributed by atoms with Crippen LogP contribution in [0.4, 0.5) is 0 Å². The maximum Gasteiger partial charge on any atom is 0.0770 e. The molecule has 1 aliphatic carbocycles. The van der Waals surface area contributed by atoms with E-state index < -0.39 is 0 Å². The molecule has 0 heterocycles. The van der Waals surface area contributed by atoms with Crippen LogP contribution >= 0.6 is 0 Å². The van der Waals surface area contributed by atoms with Crippen molar-refractivity contribution in [3.05, 3.63) is 35.4 Å². The first-order valence-corrected chi connectivity index (χ1v) is 6.25. The molecule has 0 unspecified atom stereocenters. The molecule has 0 atom stereocenters. The summed E-state index contributed by atoms with van der Waals surface area (Å²) in [5.41, 5.74) is 3.03. The Morgan fingerprint density at radius 1 is 0.882 bits per heavy atom. The van der Waals surface area contributed by atoms with Crippen molar-refractivity contribution >= 4 is 5.71 Å². The Morgan fingerprint density at radius 3 is 1.53 bits per heavy atom. The molecule has 0 radical (unpaired) electrons. The van der Waals surface area contributed by atoms with Gasteiger partial charge in [-0.25, -0.2) is 0 Å². The van der Waals surface area contributed by atoms with Crippen LogP contribution in [0.3, 0.4) is 0 Å². The third-order valence-electron chi connectivity index (χ3n) is 3.56. The van der Waals surface area contributed by atoms with Gasteiger partial charge in [-0.3, -0.25) is 0 Å². The average Bonchev–Trinajstić information content (AvgIpc) is 2.46. The lowest BCUT2D eigenvalue weighted by Gasteiger charge is -2.24. The van der Waals surface area contributed by atoms with Crippen LogP contribution in [0.5, 0.6) is 0 Å². The molecule has 1 aliphatic rings. The van der Waals surface area contributed by atoms with Gasteiger partial charge in [-0.2, -0.15) is 0 Å². The molecule has 1 N–H and O–H groups in total. The molecule has 0 bridgehead atoms. The molecule has 0 spiro atoms. The quantitative estimate of drug-likeness (QED) is 0.531. The van der Waals surface area contributed by atoms with Crippen molar-refractivity contribution in [2.24, 2.45) is 5.16 Å². The highest BCUT2D eigenvalue weighted by atomic mass is 16.4. The Morgan fingerprint density at radius 2 is 1.24 bits per heavy atom. The molecule has 0 aliphatic heterocycles. The summed E-state index contributed by atoms with van der Waals surface area (Å²) in [6, 6.07) is 8.32. The van der Waals surface area contributed by atoms with Crippen molar-refractivity contribution in [1.82, 2.24) is 0 Å². The number of rotatable bonds is 0. The number of nitrogens with zero attached hydrogens (tertiary/aromatic N) is 1. The fourth-order valence-electron chi connectivity index (χ4n) is 2.86. The van der Waals surface area contributed by atoms with Gasteiger partial charge in [-0.1, -0.05) is 71.0 Å². The monoisotopic (exact) mass is 233 g/mol. The Hall–Kier alpha value is -1.31. The summed E-state index contributed by atoms with van der Waals surface area (Å²) in [6.07, 6.45) is 0. The van der Waals surface area contributed by atoms with Gasteiger partial charge >= 0.3 is 0 Å². The van der Waals surface area contributed by atoms with Crippen LogP contribution in [0.2, 0.25) is 0 Å². The highest BCUT2D eigenvalue weighted by molar-refractivity contribution is 6.06. The summed E-state index contributed by atoms with van der Waals surface area (Å²) < 4.78 is 0. The molecule has 0 amide bonds. The third kappa shape index (κ3) is 1.86. The van der Waals surface area contributed by atoms with Gasteiger partial charge in [0.05, 0.1) is 5.71 Å². The molecule has 0 saturated carbocycles. The zero-order valence-electron chi connectivity index (χ0n) is 11.7. The molecule has 2 rings (SSSR count). The van der Waals surface area contributed by atoms with Gasteiger partial charge in [0.25, 0.3) is 0 Å². The minimum absolute atomic E-state index is 0.172. The van der Waals surface area contributed by atoms with Gasteiger partial charge < -0.3 is 5.21 Å². The number of hydrogen-bond donors (Lipinski definition) is 1.